The topological polar surface area (TPSA) is 73.7 Å². The standard InChI is InChI=1S/C17H24ClN3O2/c1-4-5-6-13(15-11-14(18)8-7-12(15)2)9-10-20-17(22)16(19-3)21-23/h6-8,11,23H,4-5,9-10H2,1-3H3,(H,19,21)(H,20,22)/b13-6-. The molecule has 5 nitrogen and oxygen atoms in total. The number of benzene rings is 1. The predicted molar refractivity (Wildman–Crippen MR) is 95.0 cm³/mol. The largest absolute Gasteiger partial charge is 0.349 e. The van der Waals surface area contributed by atoms with Crippen LogP contribution in [-0.4, -0.2) is 30.5 Å². The van der Waals surface area contributed by atoms with Crippen LogP contribution < -0.4 is 10.8 Å². The molecule has 0 bridgehead atoms. The molecule has 1 rings (SSSR count). The molecule has 1 aromatic carbocycles. The highest BCUT2D eigenvalue weighted by molar-refractivity contribution is 6.37. The van der Waals surface area contributed by atoms with Crippen LogP contribution in [0.2, 0.25) is 5.02 Å². The zero-order valence-electron chi connectivity index (χ0n) is 13.8. The van der Waals surface area contributed by atoms with Crippen molar-refractivity contribution < 1.29 is 10.0 Å². The molecule has 23 heavy (non-hydrogen) atoms. The number of hydrogen-bond acceptors (Lipinski definition) is 3. The summed E-state index contributed by atoms with van der Waals surface area (Å²) in [7, 11) is 1.43. The zero-order chi connectivity index (χ0) is 17.2. The Labute approximate surface area is 142 Å². The van der Waals surface area contributed by atoms with Gasteiger partial charge in [-0.15, -0.1) is 0 Å². The Hall–Kier alpha value is -1.85. The molecule has 0 unspecified atom stereocenters. The summed E-state index contributed by atoms with van der Waals surface area (Å²) in [6, 6.07) is 5.82. The first-order chi connectivity index (χ1) is 11.0. The van der Waals surface area contributed by atoms with E-state index in [9.17, 15) is 4.79 Å². The fraction of sp³-hybridized carbons (Fsp3) is 0.412. The molecule has 0 fully saturated rings. The Morgan fingerprint density at radius 1 is 1.43 bits per heavy atom. The van der Waals surface area contributed by atoms with E-state index in [4.69, 9.17) is 16.8 Å². The number of nitrogens with zero attached hydrogens (tertiary/aromatic N) is 1. The van der Waals surface area contributed by atoms with Crippen molar-refractivity contribution in [3.63, 3.8) is 0 Å². The molecule has 3 N–H and O–H groups in total. The number of amides is 1. The van der Waals surface area contributed by atoms with Crippen LogP contribution in [0.25, 0.3) is 5.57 Å². The first-order valence-electron chi connectivity index (χ1n) is 7.64. The number of aryl methyl sites for hydroxylation is 1. The van der Waals surface area contributed by atoms with Crippen LogP contribution in [0, 0.1) is 6.92 Å². The van der Waals surface area contributed by atoms with Gasteiger partial charge in [-0.2, -0.15) is 0 Å². The summed E-state index contributed by atoms with van der Waals surface area (Å²) in [5, 5.41) is 12.2. The van der Waals surface area contributed by atoms with Crippen LogP contribution >= 0.6 is 11.6 Å². The van der Waals surface area contributed by atoms with E-state index in [-0.39, 0.29) is 5.84 Å². The van der Waals surface area contributed by atoms with E-state index in [1.165, 1.54) is 7.05 Å². The van der Waals surface area contributed by atoms with Gasteiger partial charge in [-0.3, -0.25) is 15.0 Å². The molecule has 0 saturated heterocycles. The molecular weight excluding hydrogens is 314 g/mol. The zero-order valence-corrected chi connectivity index (χ0v) is 14.6. The summed E-state index contributed by atoms with van der Waals surface area (Å²) >= 11 is 6.11. The molecule has 0 aliphatic rings. The highest BCUT2D eigenvalue weighted by Gasteiger charge is 2.10. The van der Waals surface area contributed by atoms with Gasteiger partial charge in [0, 0.05) is 18.6 Å². The highest BCUT2D eigenvalue weighted by Crippen LogP contribution is 2.25. The van der Waals surface area contributed by atoms with E-state index in [2.05, 4.69) is 23.3 Å². The lowest BCUT2D eigenvalue weighted by Crippen LogP contribution is -2.39. The summed E-state index contributed by atoms with van der Waals surface area (Å²) in [6.07, 6.45) is 4.88. The van der Waals surface area contributed by atoms with Crippen molar-refractivity contribution in [3.8, 4) is 0 Å². The molecular formula is C17H24ClN3O2. The molecule has 0 saturated carbocycles. The molecule has 0 radical (unpaired) electrons. The maximum absolute atomic E-state index is 11.8. The number of carbonyl (C=O) groups excluding carboxylic acids is 1. The number of aliphatic imine (C=N–C) groups is 1. The van der Waals surface area contributed by atoms with Crippen LogP contribution in [0.3, 0.4) is 0 Å². The van der Waals surface area contributed by atoms with Crippen molar-refractivity contribution in [1.82, 2.24) is 10.8 Å². The van der Waals surface area contributed by atoms with E-state index in [1.54, 1.807) is 5.48 Å². The van der Waals surface area contributed by atoms with Gasteiger partial charge in [0.15, 0.2) is 0 Å². The van der Waals surface area contributed by atoms with E-state index in [0.29, 0.717) is 18.0 Å². The third kappa shape index (κ3) is 6.04. The minimum absolute atomic E-state index is 0.108. The molecule has 0 aromatic heterocycles. The molecule has 1 amide bonds. The molecule has 0 heterocycles. The maximum Gasteiger partial charge on any atom is 0.288 e. The highest BCUT2D eigenvalue weighted by atomic mass is 35.5. The van der Waals surface area contributed by atoms with Gasteiger partial charge in [0.05, 0.1) is 0 Å². The van der Waals surface area contributed by atoms with Gasteiger partial charge >= 0.3 is 0 Å². The van der Waals surface area contributed by atoms with Crippen molar-refractivity contribution in [2.45, 2.75) is 33.1 Å². The van der Waals surface area contributed by atoms with Crippen LogP contribution in [0.4, 0.5) is 0 Å². The second kappa shape index (κ2) is 10.0. The Morgan fingerprint density at radius 3 is 2.78 bits per heavy atom. The molecule has 1 aromatic rings. The fourth-order valence-corrected chi connectivity index (χ4v) is 2.37. The lowest BCUT2D eigenvalue weighted by atomic mass is 9.97. The number of nitrogens with one attached hydrogen (secondary N) is 2. The lowest BCUT2D eigenvalue weighted by molar-refractivity contribution is -0.115. The average molecular weight is 338 g/mol. The summed E-state index contributed by atoms with van der Waals surface area (Å²) in [6.45, 7) is 4.61. The van der Waals surface area contributed by atoms with Crippen LogP contribution in [0.5, 0.6) is 0 Å². The number of unbranched alkanes of at least 4 members (excludes halogenated alkanes) is 1. The number of rotatable bonds is 6. The SMILES string of the molecule is CCC/C=C(/CCNC(=O)C(=NC)NO)c1cc(Cl)ccc1C. The minimum atomic E-state index is -0.437. The van der Waals surface area contributed by atoms with Gasteiger partial charge in [-0.1, -0.05) is 37.1 Å². The first kappa shape index (κ1) is 19.2. The normalized spacial score (nSPS) is 12.2. The second-order valence-electron chi connectivity index (χ2n) is 5.17. The number of halogens is 1. The number of carbonyl (C=O) groups is 1. The van der Waals surface area contributed by atoms with Crippen molar-refractivity contribution in [2.24, 2.45) is 4.99 Å². The second-order valence-corrected chi connectivity index (χ2v) is 5.60. The molecule has 0 atom stereocenters. The van der Waals surface area contributed by atoms with Crippen molar-refractivity contribution in [3.05, 3.63) is 40.4 Å². The molecule has 126 valence electrons. The summed E-state index contributed by atoms with van der Waals surface area (Å²) in [5.41, 5.74) is 5.18. The van der Waals surface area contributed by atoms with Crippen molar-refractivity contribution in [2.75, 3.05) is 13.6 Å². The van der Waals surface area contributed by atoms with Crippen molar-refractivity contribution in [1.29, 1.82) is 0 Å². The number of amidine groups is 1. The number of hydrogen-bond donors (Lipinski definition) is 3. The van der Waals surface area contributed by atoms with E-state index < -0.39 is 5.91 Å². The number of allylic oxidation sites excluding steroid dienone is 1. The third-order valence-corrected chi connectivity index (χ3v) is 3.68. The molecule has 6 heteroatoms. The minimum Gasteiger partial charge on any atom is -0.349 e. The van der Waals surface area contributed by atoms with Gasteiger partial charge in [-0.05, 0) is 48.6 Å². The van der Waals surface area contributed by atoms with Crippen molar-refractivity contribution >= 4 is 28.9 Å². The summed E-state index contributed by atoms with van der Waals surface area (Å²) in [4.78, 5) is 15.4. The van der Waals surface area contributed by atoms with Gasteiger partial charge < -0.3 is 5.32 Å². The van der Waals surface area contributed by atoms with E-state index >= 15 is 0 Å². The Morgan fingerprint density at radius 2 is 2.17 bits per heavy atom. The van der Waals surface area contributed by atoms with Gasteiger partial charge in [0.2, 0.25) is 5.84 Å². The Kier molecular flexibility index (Phi) is 8.37. The van der Waals surface area contributed by atoms with Gasteiger partial charge in [-0.25, -0.2) is 5.48 Å². The monoisotopic (exact) mass is 337 g/mol. The molecule has 0 aliphatic heterocycles. The molecule has 0 aliphatic carbocycles. The first-order valence-corrected chi connectivity index (χ1v) is 8.01. The predicted octanol–water partition coefficient (Wildman–Crippen LogP) is 3.35. The Bertz CT molecular complexity index is 598. The average Bonchev–Trinajstić information content (AvgIpc) is 2.54. The maximum atomic E-state index is 11.8. The summed E-state index contributed by atoms with van der Waals surface area (Å²) < 4.78 is 0. The molecule has 0 spiro atoms. The van der Waals surface area contributed by atoms with Crippen LogP contribution in [-0.2, 0) is 4.79 Å². The quantitative estimate of drug-likeness (QED) is 0.423. The van der Waals surface area contributed by atoms with E-state index in [0.717, 1.165) is 29.5 Å². The fourth-order valence-electron chi connectivity index (χ4n) is 2.20. The smallest absolute Gasteiger partial charge is 0.288 e. The Balaban J connectivity index is 2.81. The third-order valence-electron chi connectivity index (χ3n) is 3.45. The van der Waals surface area contributed by atoms with Crippen LogP contribution in [0.15, 0.2) is 29.3 Å². The lowest BCUT2D eigenvalue weighted by Gasteiger charge is -2.13. The van der Waals surface area contributed by atoms with Crippen LogP contribution in [0.1, 0.15) is 37.3 Å². The summed E-state index contributed by atoms with van der Waals surface area (Å²) in [5.74, 6) is -0.546. The van der Waals surface area contributed by atoms with Gasteiger partial charge in [0.1, 0.15) is 0 Å². The van der Waals surface area contributed by atoms with Gasteiger partial charge in [0.25, 0.3) is 5.91 Å². The number of hydroxylamine groups is 1. The van der Waals surface area contributed by atoms with E-state index in [1.807, 2.05) is 25.1 Å².